The number of rotatable bonds is 7. The molecule has 2 N–H and O–H groups in total. The van der Waals surface area contributed by atoms with Gasteiger partial charge in [-0.1, -0.05) is 24.3 Å². The summed E-state index contributed by atoms with van der Waals surface area (Å²) in [5.41, 5.74) is 3.10. The van der Waals surface area contributed by atoms with Gasteiger partial charge in [0.2, 0.25) is 0 Å². The van der Waals surface area contributed by atoms with Gasteiger partial charge in [0, 0.05) is 12.2 Å². The number of aliphatic imine (C=N–C) groups is 1. The van der Waals surface area contributed by atoms with E-state index in [9.17, 15) is 0 Å². The van der Waals surface area contributed by atoms with Gasteiger partial charge in [0.15, 0.2) is 5.96 Å². The number of pyridine rings is 1. The molecule has 26 heavy (non-hydrogen) atoms. The third kappa shape index (κ3) is 7.59. The van der Waals surface area contributed by atoms with Crippen LogP contribution in [0.1, 0.15) is 30.8 Å². The number of para-hydroxylation sites is 1. The Hall–Kier alpha value is -1.83. The van der Waals surface area contributed by atoms with E-state index in [1.807, 2.05) is 50.2 Å². The fourth-order valence-electron chi connectivity index (χ4n) is 2.38. The molecule has 0 amide bonds. The summed E-state index contributed by atoms with van der Waals surface area (Å²) in [5, 5.41) is 6.58. The average molecular weight is 468 g/mol. The first-order chi connectivity index (χ1) is 12.1. The van der Waals surface area contributed by atoms with Gasteiger partial charge in [-0.2, -0.15) is 0 Å². The van der Waals surface area contributed by atoms with Crippen LogP contribution in [0.3, 0.4) is 0 Å². The normalized spacial score (nSPS) is 12.1. The number of guanidine groups is 1. The van der Waals surface area contributed by atoms with Crippen LogP contribution < -0.4 is 15.4 Å². The molecule has 1 aromatic carbocycles. The molecule has 5 nitrogen and oxygen atoms in total. The van der Waals surface area contributed by atoms with E-state index in [1.165, 1.54) is 0 Å². The molecule has 1 heterocycles. The minimum absolute atomic E-state index is 0. The van der Waals surface area contributed by atoms with Crippen molar-refractivity contribution >= 4 is 29.9 Å². The topological polar surface area (TPSA) is 58.5 Å². The molecule has 2 aromatic rings. The zero-order valence-corrected chi connectivity index (χ0v) is 18.3. The van der Waals surface area contributed by atoms with E-state index in [2.05, 4.69) is 40.5 Å². The van der Waals surface area contributed by atoms with Crippen molar-refractivity contribution in [3.05, 3.63) is 59.4 Å². The van der Waals surface area contributed by atoms with Crippen LogP contribution in [0.5, 0.6) is 5.75 Å². The van der Waals surface area contributed by atoms with E-state index in [4.69, 9.17) is 4.74 Å². The molecule has 0 radical (unpaired) electrons. The Morgan fingerprint density at radius 1 is 1.12 bits per heavy atom. The predicted octanol–water partition coefficient (Wildman–Crippen LogP) is 3.84. The molecular weight excluding hydrogens is 439 g/mol. The second-order valence-corrected chi connectivity index (χ2v) is 6.04. The van der Waals surface area contributed by atoms with Crippen LogP contribution >= 0.6 is 24.0 Å². The van der Waals surface area contributed by atoms with E-state index in [1.54, 1.807) is 0 Å². The van der Waals surface area contributed by atoms with Gasteiger partial charge in [-0.15, -0.1) is 24.0 Å². The van der Waals surface area contributed by atoms with Crippen molar-refractivity contribution in [2.45, 2.75) is 40.3 Å². The SMILES string of the molecule is CCNC(=NCc1cccc(C)n1)NCC(C)Oc1ccccc1C.I. The van der Waals surface area contributed by atoms with Crippen molar-refractivity contribution in [3.63, 3.8) is 0 Å². The first-order valence-electron chi connectivity index (χ1n) is 8.75. The minimum atomic E-state index is 0. The molecule has 0 spiro atoms. The maximum atomic E-state index is 5.99. The van der Waals surface area contributed by atoms with Gasteiger partial charge in [-0.05, 0) is 51.5 Å². The molecule has 0 aliphatic heterocycles. The van der Waals surface area contributed by atoms with E-state index < -0.39 is 0 Å². The van der Waals surface area contributed by atoms with Crippen LogP contribution in [-0.4, -0.2) is 30.1 Å². The molecule has 1 atom stereocenters. The number of nitrogens with one attached hydrogen (secondary N) is 2. The molecular formula is C20H29IN4O. The molecule has 0 aliphatic rings. The van der Waals surface area contributed by atoms with Crippen molar-refractivity contribution in [3.8, 4) is 5.75 Å². The van der Waals surface area contributed by atoms with Crippen molar-refractivity contribution < 1.29 is 4.74 Å². The summed E-state index contributed by atoms with van der Waals surface area (Å²) >= 11 is 0. The lowest BCUT2D eigenvalue weighted by atomic mass is 10.2. The molecule has 2 rings (SSSR count). The van der Waals surface area contributed by atoms with E-state index >= 15 is 0 Å². The monoisotopic (exact) mass is 468 g/mol. The largest absolute Gasteiger partial charge is 0.489 e. The summed E-state index contributed by atoms with van der Waals surface area (Å²) in [6.45, 7) is 10.2. The van der Waals surface area contributed by atoms with Gasteiger partial charge < -0.3 is 15.4 Å². The molecule has 1 aromatic heterocycles. The third-order valence-corrected chi connectivity index (χ3v) is 3.67. The summed E-state index contributed by atoms with van der Waals surface area (Å²) in [6, 6.07) is 14.0. The number of halogens is 1. The smallest absolute Gasteiger partial charge is 0.191 e. The minimum Gasteiger partial charge on any atom is -0.489 e. The maximum Gasteiger partial charge on any atom is 0.191 e. The summed E-state index contributed by atoms with van der Waals surface area (Å²) in [6.07, 6.45) is 0.0297. The second kappa shape index (κ2) is 11.7. The standard InChI is InChI=1S/C20H28N4O.HI/c1-5-21-20(23-14-18-11-8-10-16(3)24-18)22-13-17(4)25-19-12-7-6-9-15(19)2;/h6-12,17H,5,13-14H2,1-4H3,(H2,21,22,23);1H. The van der Waals surface area contributed by atoms with Crippen LogP contribution in [0, 0.1) is 13.8 Å². The van der Waals surface area contributed by atoms with Gasteiger partial charge >= 0.3 is 0 Å². The Balaban J connectivity index is 0.00000338. The van der Waals surface area contributed by atoms with Gasteiger partial charge in [-0.3, -0.25) is 4.98 Å². The summed E-state index contributed by atoms with van der Waals surface area (Å²) in [5.74, 6) is 1.69. The highest BCUT2D eigenvalue weighted by molar-refractivity contribution is 14.0. The summed E-state index contributed by atoms with van der Waals surface area (Å²) in [7, 11) is 0. The Kier molecular flexibility index (Phi) is 10.0. The fourth-order valence-corrected chi connectivity index (χ4v) is 2.38. The number of nitrogens with zero attached hydrogens (tertiary/aromatic N) is 2. The molecule has 1 unspecified atom stereocenters. The molecule has 0 aliphatic carbocycles. The van der Waals surface area contributed by atoms with Gasteiger partial charge in [0.1, 0.15) is 11.9 Å². The van der Waals surface area contributed by atoms with E-state index in [-0.39, 0.29) is 30.1 Å². The number of benzene rings is 1. The highest BCUT2D eigenvalue weighted by atomic mass is 127. The third-order valence-electron chi connectivity index (χ3n) is 3.67. The molecule has 0 bridgehead atoms. The Labute approximate surface area is 173 Å². The molecule has 6 heteroatoms. The van der Waals surface area contributed by atoms with Gasteiger partial charge in [-0.25, -0.2) is 4.99 Å². The highest BCUT2D eigenvalue weighted by Gasteiger charge is 2.07. The van der Waals surface area contributed by atoms with E-state index in [0.29, 0.717) is 13.1 Å². The Morgan fingerprint density at radius 2 is 1.88 bits per heavy atom. The van der Waals surface area contributed by atoms with Crippen LogP contribution in [0.15, 0.2) is 47.5 Å². The van der Waals surface area contributed by atoms with Crippen LogP contribution in [0.25, 0.3) is 0 Å². The first kappa shape index (κ1) is 22.2. The van der Waals surface area contributed by atoms with E-state index in [0.717, 1.165) is 35.2 Å². The number of aryl methyl sites for hydroxylation is 2. The van der Waals surface area contributed by atoms with Crippen molar-refractivity contribution in [2.24, 2.45) is 4.99 Å². The zero-order valence-electron chi connectivity index (χ0n) is 16.0. The van der Waals surface area contributed by atoms with Crippen molar-refractivity contribution in [1.82, 2.24) is 15.6 Å². The number of ether oxygens (including phenoxy) is 1. The quantitative estimate of drug-likeness (QED) is 0.369. The average Bonchev–Trinajstić information content (AvgIpc) is 2.59. The molecule has 0 saturated heterocycles. The number of hydrogen-bond donors (Lipinski definition) is 2. The Morgan fingerprint density at radius 3 is 2.58 bits per heavy atom. The zero-order chi connectivity index (χ0) is 18.1. The van der Waals surface area contributed by atoms with Crippen molar-refractivity contribution in [1.29, 1.82) is 0 Å². The van der Waals surface area contributed by atoms with Crippen LogP contribution in [-0.2, 0) is 6.54 Å². The fraction of sp³-hybridized carbons (Fsp3) is 0.400. The first-order valence-corrected chi connectivity index (χ1v) is 8.75. The highest BCUT2D eigenvalue weighted by Crippen LogP contribution is 2.17. The number of hydrogen-bond acceptors (Lipinski definition) is 3. The summed E-state index contributed by atoms with van der Waals surface area (Å²) < 4.78 is 5.99. The lowest BCUT2D eigenvalue weighted by Crippen LogP contribution is -2.41. The van der Waals surface area contributed by atoms with Gasteiger partial charge in [0.05, 0.1) is 18.8 Å². The maximum absolute atomic E-state index is 5.99. The van der Waals surface area contributed by atoms with Gasteiger partial charge in [0.25, 0.3) is 0 Å². The lowest BCUT2D eigenvalue weighted by Gasteiger charge is -2.18. The molecule has 142 valence electrons. The number of aromatic nitrogens is 1. The predicted molar refractivity (Wildman–Crippen MR) is 118 cm³/mol. The molecule has 0 saturated carbocycles. The summed E-state index contributed by atoms with van der Waals surface area (Å²) in [4.78, 5) is 9.08. The Bertz CT molecular complexity index is 706. The van der Waals surface area contributed by atoms with Crippen LogP contribution in [0.2, 0.25) is 0 Å². The van der Waals surface area contributed by atoms with Crippen LogP contribution in [0.4, 0.5) is 0 Å². The second-order valence-electron chi connectivity index (χ2n) is 6.04. The van der Waals surface area contributed by atoms with Crippen molar-refractivity contribution in [2.75, 3.05) is 13.1 Å². The molecule has 0 fully saturated rings. The lowest BCUT2D eigenvalue weighted by molar-refractivity contribution is 0.222.